The molecule has 166 valence electrons. The van der Waals surface area contributed by atoms with E-state index >= 15 is 0 Å². The molecule has 32 heavy (non-hydrogen) atoms. The van der Waals surface area contributed by atoms with E-state index in [1.165, 1.54) is 0 Å². The molecule has 0 unspecified atom stereocenters. The second-order valence-electron chi connectivity index (χ2n) is 8.43. The van der Waals surface area contributed by atoms with Crippen LogP contribution < -0.4 is 9.47 Å². The van der Waals surface area contributed by atoms with Gasteiger partial charge >= 0.3 is 0 Å². The van der Waals surface area contributed by atoms with Gasteiger partial charge in [0.1, 0.15) is 11.5 Å². The minimum absolute atomic E-state index is 0.00152. The second-order valence-corrected chi connectivity index (χ2v) is 8.43. The summed E-state index contributed by atoms with van der Waals surface area (Å²) in [6.07, 6.45) is 7.22. The molecule has 2 aromatic rings. The highest BCUT2D eigenvalue weighted by molar-refractivity contribution is 6.14. The monoisotopic (exact) mass is 431 g/mol. The molecule has 1 aliphatic carbocycles. The number of Topliss-reactive ketones (excluding diaryl/α,β-unsaturated/α-hetero) is 1. The van der Waals surface area contributed by atoms with Gasteiger partial charge in [-0.25, -0.2) is 0 Å². The summed E-state index contributed by atoms with van der Waals surface area (Å²) < 4.78 is 10.5. The fourth-order valence-electron chi connectivity index (χ4n) is 3.89. The van der Waals surface area contributed by atoms with Gasteiger partial charge in [-0.1, -0.05) is 24.3 Å². The predicted molar refractivity (Wildman–Crippen MR) is 125 cm³/mol. The molecular weight excluding hydrogens is 402 g/mol. The molecule has 1 heterocycles. The number of benzene rings is 2. The van der Waals surface area contributed by atoms with Crippen molar-refractivity contribution in [3.63, 3.8) is 0 Å². The Morgan fingerprint density at radius 1 is 0.906 bits per heavy atom. The number of amides is 1. The summed E-state index contributed by atoms with van der Waals surface area (Å²) in [7, 11) is 3.26. The first-order valence-corrected chi connectivity index (χ1v) is 11.1. The Labute approximate surface area is 189 Å². The molecule has 1 aliphatic heterocycles. The van der Waals surface area contributed by atoms with E-state index in [-0.39, 0.29) is 11.7 Å². The van der Waals surface area contributed by atoms with Gasteiger partial charge in [0.05, 0.1) is 14.2 Å². The minimum Gasteiger partial charge on any atom is -0.497 e. The molecule has 1 amide bonds. The summed E-state index contributed by atoms with van der Waals surface area (Å²) >= 11 is 0. The van der Waals surface area contributed by atoms with Gasteiger partial charge < -0.3 is 14.4 Å². The van der Waals surface area contributed by atoms with E-state index in [1.807, 2.05) is 65.6 Å². The van der Waals surface area contributed by atoms with Crippen molar-refractivity contribution in [2.45, 2.75) is 25.7 Å². The number of likely N-dealkylation sites (tertiary alicyclic amines) is 1. The molecule has 0 atom stereocenters. The number of methoxy groups -OCH3 is 2. The highest BCUT2D eigenvalue weighted by Crippen LogP contribution is 2.33. The largest absolute Gasteiger partial charge is 0.497 e. The smallest absolute Gasteiger partial charge is 0.223 e. The van der Waals surface area contributed by atoms with Gasteiger partial charge in [-0.3, -0.25) is 9.59 Å². The van der Waals surface area contributed by atoms with Gasteiger partial charge in [0.15, 0.2) is 5.78 Å². The van der Waals surface area contributed by atoms with Crippen molar-refractivity contribution in [3.8, 4) is 11.5 Å². The maximum absolute atomic E-state index is 13.5. The zero-order valence-corrected chi connectivity index (χ0v) is 18.7. The SMILES string of the molecule is COc1ccc(/C=C2\CCN(C(=O)CC3CC3)C/C(=C\c3ccc(OC)cc3)C2=O)cc1. The Balaban J connectivity index is 1.64. The van der Waals surface area contributed by atoms with Crippen molar-refractivity contribution < 1.29 is 19.1 Å². The number of ether oxygens (including phenoxy) is 2. The van der Waals surface area contributed by atoms with Crippen LogP contribution in [0.4, 0.5) is 0 Å². The standard InChI is InChI=1S/C27H29NO4/c1-31-24-9-5-19(6-10-24)15-22-13-14-28(26(29)17-21-3-4-21)18-23(27(22)30)16-20-7-11-25(32-2)12-8-20/h5-12,15-16,21H,3-4,13-14,17-18H2,1-2H3/b22-15+,23-16+. The Bertz CT molecular complexity index is 1030. The Morgan fingerprint density at radius 2 is 1.44 bits per heavy atom. The lowest BCUT2D eigenvalue weighted by Gasteiger charge is -2.20. The van der Waals surface area contributed by atoms with E-state index in [0.29, 0.717) is 37.4 Å². The number of rotatable bonds is 6. The van der Waals surface area contributed by atoms with Gasteiger partial charge in [-0.15, -0.1) is 0 Å². The molecule has 0 radical (unpaired) electrons. The lowest BCUT2D eigenvalue weighted by Crippen LogP contribution is -2.33. The molecule has 4 rings (SSSR count). The number of carbonyl (C=O) groups excluding carboxylic acids is 2. The highest BCUT2D eigenvalue weighted by Gasteiger charge is 2.30. The summed E-state index contributed by atoms with van der Waals surface area (Å²) in [5, 5.41) is 0. The van der Waals surface area contributed by atoms with E-state index in [0.717, 1.165) is 41.0 Å². The van der Waals surface area contributed by atoms with E-state index in [2.05, 4.69) is 0 Å². The first-order valence-electron chi connectivity index (χ1n) is 11.1. The van der Waals surface area contributed by atoms with E-state index in [1.54, 1.807) is 14.2 Å². The van der Waals surface area contributed by atoms with Gasteiger partial charge in [0.25, 0.3) is 0 Å². The van der Waals surface area contributed by atoms with E-state index in [4.69, 9.17) is 9.47 Å². The number of hydrogen-bond acceptors (Lipinski definition) is 4. The van der Waals surface area contributed by atoms with Crippen LogP contribution in [-0.2, 0) is 9.59 Å². The van der Waals surface area contributed by atoms with Gasteiger partial charge in [0.2, 0.25) is 5.91 Å². The molecule has 2 fully saturated rings. The molecule has 5 nitrogen and oxygen atoms in total. The molecule has 0 N–H and O–H groups in total. The predicted octanol–water partition coefficient (Wildman–Crippen LogP) is 4.77. The fourth-order valence-corrected chi connectivity index (χ4v) is 3.89. The molecule has 2 aliphatic rings. The maximum Gasteiger partial charge on any atom is 0.223 e. The van der Waals surface area contributed by atoms with Crippen LogP contribution in [0.15, 0.2) is 59.7 Å². The topological polar surface area (TPSA) is 55.8 Å². The van der Waals surface area contributed by atoms with Gasteiger partial charge in [-0.2, -0.15) is 0 Å². The van der Waals surface area contributed by atoms with Gasteiger partial charge in [-0.05, 0) is 72.7 Å². The molecule has 1 saturated carbocycles. The van der Waals surface area contributed by atoms with Crippen molar-refractivity contribution >= 4 is 23.8 Å². The number of ketones is 1. The summed E-state index contributed by atoms with van der Waals surface area (Å²) in [6.45, 7) is 0.898. The quantitative estimate of drug-likeness (QED) is 0.618. The zero-order valence-electron chi connectivity index (χ0n) is 18.7. The lowest BCUT2D eigenvalue weighted by atomic mass is 9.98. The Morgan fingerprint density at radius 3 is 1.94 bits per heavy atom. The molecule has 0 spiro atoms. The lowest BCUT2D eigenvalue weighted by molar-refractivity contribution is -0.131. The van der Waals surface area contributed by atoms with Gasteiger partial charge in [0, 0.05) is 30.7 Å². The maximum atomic E-state index is 13.5. The van der Waals surface area contributed by atoms with Crippen molar-refractivity contribution in [3.05, 3.63) is 70.8 Å². The Kier molecular flexibility index (Phi) is 6.74. The molecular formula is C27H29NO4. The third-order valence-corrected chi connectivity index (χ3v) is 6.02. The summed E-state index contributed by atoms with van der Waals surface area (Å²) in [4.78, 5) is 28.2. The van der Waals surface area contributed by atoms with E-state index < -0.39 is 0 Å². The van der Waals surface area contributed by atoms with Crippen LogP contribution in [0.5, 0.6) is 11.5 Å². The van der Waals surface area contributed by atoms with Crippen molar-refractivity contribution in [2.75, 3.05) is 27.3 Å². The number of hydrogen-bond donors (Lipinski definition) is 0. The number of nitrogens with zero attached hydrogens (tertiary/aromatic N) is 1. The first-order chi connectivity index (χ1) is 15.6. The average Bonchev–Trinajstić information content (AvgIpc) is 3.65. The molecule has 0 aromatic heterocycles. The van der Waals surface area contributed by atoms with Crippen LogP contribution in [0.1, 0.15) is 36.8 Å². The highest BCUT2D eigenvalue weighted by atomic mass is 16.5. The number of carbonyl (C=O) groups is 2. The Hall–Kier alpha value is -3.34. The summed E-state index contributed by atoms with van der Waals surface area (Å²) in [5.74, 6) is 2.20. The zero-order chi connectivity index (χ0) is 22.5. The van der Waals surface area contributed by atoms with E-state index in [9.17, 15) is 9.59 Å². The van der Waals surface area contributed by atoms with Crippen LogP contribution >= 0.6 is 0 Å². The van der Waals surface area contributed by atoms with Crippen LogP contribution in [0.2, 0.25) is 0 Å². The third-order valence-electron chi connectivity index (χ3n) is 6.02. The second kappa shape index (κ2) is 9.86. The molecule has 0 bridgehead atoms. The summed E-state index contributed by atoms with van der Waals surface area (Å²) in [6, 6.07) is 15.2. The minimum atomic E-state index is -0.00152. The van der Waals surface area contributed by atoms with Crippen molar-refractivity contribution in [2.24, 2.45) is 5.92 Å². The van der Waals surface area contributed by atoms with Crippen molar-refractivity contribution in [1.82, 2.24) is 4.90 Å². The molecule has 1 saturated heterocycles. The van der Waals surface area contributed by atoms with Crippen LogP contribution in [0, 0.1) is 5.92 Å². The van der Waals surface area contributed by atoms with Crippen LogP contribution in [0.3, 0.4) is 0 Å². The normalized spacial score (nSPS) is 19.2. The third kappa shape index (κ3) is 5.47. The fraction of sp³-hybridized carbons (Fsp3) is 0.333. The van der Waals surface area contributed by atoms with Crippen molar-refractivity contribution in [1.29, 1.82) is 0 Å². The molecule has 2 aromatic carbocycles. The van der Waals surface area contributed by atoms with Crippen LogP contribution in [-0.4, -0.2) is 43.9 Å². The molecule has 5 heteroatoms. The average molecular weight is 432 g/mol. The first kappa shape index (κ1) is 21.9. The van der Waals surface area contributed by atoms with Crippen LogP contribution in [0.25, 0.3) is 12.2 Å². The summed E-state index contributed by atoms with van der Waals surface area (Å²) in [5.41, 5.74) is 3.21.